The second kappa shape index (κ2) is 6.73. The van der Waals surface area contributed by atoms with Crippen LogP contribution in [-0.2, 0) is 6.54 Å². The normalized spacial score (nSPS) is 20.4. The Hall–Kier alpha value is -2.25. The first-order valence-corrected chi connectivity index (χ1v) is 10.5. The van der Waals surface area contributed by atoms with Crippen LogP contribution in [0.1, 0.15) is 40.2 Å². The molecular formula is C20H23N5OS. The van der Waals surface area contributed by atoms with Gasteiger partial charge in [0.25, 0.3) is 5.91 Å². The fourth-order valence-corrected chi connectivity index (χ4v) is 4.65. The van der Waals surface area contributed by atoms with Crippen molar-refractivity contribution in [2.45, 2.75) is 44.8 Å². The highest BCUT2D eigenvalue weighted by Crippen LogP contribution is 2.30. The Morgan fingerprint density at radius 3 is 3.04 bits per heavy atom. The third kappa shape index (κ3) is 3.37. The zero-order valence-corrected chi connectivity index (χ0v) is 16.2. The Balaban J connectivity index is 1.39. The zero-order chi connectivity index (χ0) is 18.4. The number of amides is 1. The summed E-state index contributed by atoms with van der Waals surface area (Å²) < 4.78 is 1.88. The molecule has 0 aromatic carbocycles. The van der Waals surface area contributed by atoms with Gasteiger partial charge in [-0.05, 0) is 43.7 Å². The largest absolute Gasteiger partial charge is 0.348 e. The predicted molar refractivity (Wildman–Crippen MR) is 106 cm³/mol. The van der Waals surface area contributed by atoms with Crippen LogP contribution in [0.5, 0.6) is 0 Å². The first kappa shape index (κ1) is 16.9. The number of aryl methyl sites for hydroxylation is 1. The minimum Gasteiger partial charge on any atom is -0.348 e. The van der Waals surface area contributed by atoms with Crippen molar-refractivity contribution in [3.63, 3.8) is 0 Å². The van der Waals surface area contributed by atoms with Crippen molar-refractivity contribution in [2.24, 2.45) is 0 Å². The summed E-state index contributed by atoms with van der Waals surface area (Å²) in [4.78, 5) is 21.4. The molecule has 0 radical (unpaired) electrons. The average molecular weight is 382 g/mol. The quantitative estimate of drug-likeness (QED) is 0.738. The molecule has 0 spiro atoms. The summed E-state index contributed by atoms with van der Waals surface area (Å²) >= 11 is 1.70. The third-order valence-corrected chi connectivity index (χ3v) is 6.35. The molecule has 1 aliphatic heterocycles. The number of hydrogen-bond acceptors (Lipinski definition) is 5. The van der Waals surface area contributed by atoms with Gasteiger partial charge in [0.1, 0.15) is 0 Å². The molecule has 2 aliphatic rings. The van der Waals surface area contributed by atoms with E-state index in [2.05, 4.69) is 31.7 Å². The summed E-state index contributed by atoms with van der Waals surface area (Å²) in [6.07, 6.45) is 5.44. The molecule has 140 valence electrons. The third-order valence-electron chi connectivity index (χ3n) is 5.49. The SMILES string of the molecule is Cc1cc(C(=O)NC2CCN(C3CC3)C2)c2cnn(Cc3cccs3)c2n1. The second-order valence-corrected chi connectivity index (χ2v) is 8.65. The topological polar surface area (TPSA) is 63.1 Å². The summed E-state index contributed by atoms with van der Waals surface area (Å²) in [5, 5.41) is 10.6. The maximum absolute atomic E-state index is 13.0. The first-order valence-electron chi connectivity index (χ1n) is 9.58. The molecule has 1 saturated heterocycles. The van der Waals surface area contributed by atoms with Gasteiger partial charge in [0.05, 0.1) is 23.7 Å². The molecule has 4 heterocycles. The molecule has 1 N–H and O–H groups in total. The molecule has 6 nitrogen and oxygen atoms in total. The van der Waals surface area contributed by atoms with E-state index in [1.165, 1.54) is 17.7 Å². The van der Waals surface area contributed by atoms with Crippen LogP contribution in [0, 0.1) is 6.92 Å². The fraction of sp³-hybridized carbons (Fsp3) is 0.450. The fourth-order valence-electron chi connectivity index (χ4n) is 3.97. The number of pyridine rings is 1. The maximum Gasteiger partial charge on any atom is 0.252 e. The highest BCUT2D eigenvalue weighted by Gasteiger charge is 2.35. The van der Waals surface area contributed by atoms with E-state index in [1.807, 2.05) is 23.7 Å². The van der Waals surface area contributed by atoms with Crippen LogP contribution in [0.15, 0.2) is 29.8 Å². The standard InChI is InChI=1S/C20H23N5OS/c1-13-9-17(20(26)23-14-6-7-24(11-14)15-4-5-15)18-10-21-25(19(18)22-13)12-16-3-2-8-27-16/h2-3,8-10,14-15H,4-7,11-12H2,1H3,(H,23,26). The summed E-state index contributed by atoms with van der Waals surface area (Å²) in [6, 6.07) is 7.01. The molecule has 27 heavy (non-hydrogen) atoms. The molecule has 1 amide bonds. The van der Waals surface area contributed by atoms with Gasteiger partial charge in [-0.1, -0.05) is 6.07 Å². The van der Waals surface area contributed by atoms with Crippen LogP contribution in [0.2, 0.25) is 0 Å². The van der Waals surface area contributed by atoms with Crippen LogP contribution < -0.4 is 5.32 Å². The Morgan fingerprint density at radius 1 is 1.37 bits per heavy atom. The van der Waals surface area contributed by atoms with Crippen molar-refractivity contribution in [3.05, 3.63) is 45.9 Å². The van der Waals surface area contributed by atoms with Crippen LogP contribution in [0.3, 0.4) is 0 Å². The lowest BCUT2D eigenvalue weighted by Gasteiger charge is -2.16. The molecule has 3 aromatic heterocycles. The van der Waals surface area contributed by atoms with Gasteiger partial charge in [0.15, 0.2) is 5.65 Å². The molecule has 2 fully saturated rings. The van der Waals surface area contributed by atoms with Crippen LogP contribution in [0.4, 0.5) is 0 Å². The monoisotopic (exact) mass is 381 g/mol. The van der Waals surface area contributed by atoms with Crippen molar-refractivity contribution in [3.8, 4) is 0 Å². The van der Waals surface area contributed by atoms with E-state index in [0.717, 1.165) is 42.3 Å². The number of carbonyl (C=O) groups excluding carboxylic acids is 1. The van der Waals surface area contributed by atoms with Gasteiger partial charge in [-0.3, -0.25) is 9.69 Å². The lowest BCUT2D eigenvalue weighted by Crippen LogP contribution is -2.37. The number of nitrogens with one attached hydrogen (secondary N) is 1. The van der Waals surface area contributed by atoms with Crippen molar-refractivity contribution >= 4 is 28.3 Å². The van der Waals surface area contributed by atoms with Crippen molar-refractivity contribution in [1.29, 1.82) is 0 Å². The number of fused-ring (bicyclic) bond motifs is 1. The van der Waals surface area contributed by atoms with E-state index in [-0.39, 0.29) is 11.9 Å². The number of carbonyl (C=O) groups is 1. The Kier molecular flexibility index (Phi) is 4.21. The molecule has 1 saturated carbocycles. The number of nitrogens with zero attached hydrogens (tertiary/aromatic N) is 4. The minimum absolute atomic E-state index is 0.0104. The van der Waals surface area contributed by atoms with E-state index in [1.54, 1.807) is 17.5 Å². The number of rotatable bonds is 5. The highest BCUT2D eigenvalue weighted by molar-refractivity contribution is 7.09. The van der Waals surface area contributed by atoms with Gasteiger partial charge in [-0.25, -0.2) is 9.67 Å². The molecule has 7 heteroatoms. The first-order chi connectivity index (χ1) is 13.2. The molecular weight excluding hydrogens is 358 g/mol. The lowest BCUT2D eigenvalue weighted by atomic mass is 10.1. The Labute approximate surface area is 162 Å². The number of thiophene rings is 1. The highest BCUT2D eigenvalue weighted by atomic mass is 32.1. The van der Waals surface area contributed by atoms with Crippen molar-refractivity contribution in [1.82, 2.24) is 25.0 Å². The maximum atomic E-state index is 13.0. The molecule has 5 rings (SSSR count). The lowest BCUT2D eigenvalue weighted by molar-refractivity contribution is 0.0939. The Bertz CT molecular complexity index is 976. The van der Waals surface area contributed by atoms with Gasteiger partial charge < -0.3 is 5.32 Å². The smallest absolute Gasteiger partial charge is 0.252 e. The number of likely N-dealkylation sites (tertiary alicyclic amines) is 1. The minimum atomic E-state index is -0.0104. The van der Waals surface area contributed by atoms with Gasteiger partial charge in [0.2, 0.25) is 0 Å². The van der Waals surface area contributed by atoms with E-state index in [0.29, 0.717) is 12.1 Å². The van der Waals surface area contributed by atoms with Gasteiger partial charge >= 0.3 is 0 Å². The van der Waals surface area contributed by atoms with Crippen LogP contribution in [0.25, 0.3) is 11.0 Å². The van der Waals surface area contributed by atoms with Crippen LogP contribution in [-0.4, -0.2) is 50.7 Å². The van der Waals surface area contributed by atoms with Gasteiger partial charge in [-0.2, -0.15) is 5.10 Å². The molecule has 1 aliphatic carbocycles. The summed E-state index contributed by atoms with van der Waals surface area (Å²) in [6.45, 7) is 4.68. The van der Waals surface area contributed by atoms with Gasteiger partial charge in [-0.15, -0.1) is 11.3 Å². The van der Waals surface area contributed by atoms with E-state index >= 15 is 0 Å². The summed E-state index contributed by atoms with van der Waals surface area (Å²) in [5.41, 5.74) is 2.30. The average Bonchev–Trinajstić information content (AvgIpc) is 3.04. The second-order valence-electron chi connectivity index (χ2n) is 7.62. The molecule has 1 atom stereocenters. The van der Waals surface area contributed by atoms with Crippen molar-refractivity contribution < 1.29 is 4.79 Å². The van der Waals surface area contributed by atoms with E-state index in [4.69, 9.17) is 0 Å². The van der Waals surface area contributed by atoms with E-state index in [9.17, 15) is 4.79 Å². The van der Waals surface area contributed by atoms with E-state index < -0.39 is 0 Å². The number of hydrogen-bond donors (Lipinski definition) is 1. The molecule has 3 aromatic rings. The molecule has 0 bridgehead atoms. The Morgan fingerprint density at radius 2 is 2.26 bits per heavy atom. The predicted octanol–water partition coefficient (Wildman–Crippen LogP) is 2.82. The summed E-state index contributed by atoms with van der Waals surface area (Å²) in [7, 11) is 0. The van der Waals surface area contributed by atoms with Crippen LogP contribution >= 0.6 is 11.3 Å². The zero-order valence-electron chi connectivity index (χ0n) is 15.4. The van der Waals surface area contributed by atoms with Gasteiger partial charge in [0, 0.05) is 35.7 Å². The van der Waals surface area contributed by atoms with Crippen molar-refractivity contribution in [2.75, 3.05) is 13.1 Å². The molecule has 1 unspecified atom stereocenters. The number of aromatic nitrogens is 3. The summed E-state index contributed by atoms with van der Waals surface area (Å²) in [5.74, 6) is -0.0104.